The Kier molecular flexibility index (Phi) is 3.04. The van der Waals surface area contributed by atoms with E-state index in [2.05, 4.69) is 10.3 Å². The third-order valence-corrected chi connectivity index (χ3v) is 2.19. The SMILES string of the molecule is CCNC(=O)N(C)c1nccs1. The second-order valence-electron chi connectivity index (χ2n) is 2.21. The summed E-state index contributed by atoms with van der Waals surface area (Å²) in [6.07, 6.45) is 1.68. The molecule has 5 heteroatoms. The number of rotatable bonds is 2. The fraction of sp³-hybridized carbons (Fsp3) is 0.429. The molecular weight excluding hydrogens is 174 g/mol. The second-order valence-corrected chi connectivity index (χ2v) is 3.08. The van der Waals surface area contributed by atoms with E-state index in [-0.39, 0.29) is 6.03 Å². The van der Waals surface area contributed by atoms with Gasteiger partial charge in [-0.05, 0) is 6.92 Å². The molecule has 1 aromatic heterocycles. The Balaban J connectivity index is 2.59. The van der Waals surface area contributed by atoms with E-state index in [1.165, 1.54) is 16.2 Å². The first-order chi connectivity index (χ1) is 5.75. The molecule has 0 atom stereocenters. The Morgan fingerprint density at radius 2 is 2.58 bits per heavy atom. The summed E-state index contributed by atoms with van der Waals surface area (Å²) in [5.74, 6) is 0. The van der Waals surface area contributed by atoms with Crippen molar-refractivity contribution in [3.05, 3.63) is 11.6 Å². The van der Waals surface area contributed by atoms with Gasteiger partial charge in [-0.1, -0.05) is 0 Å². The monoisotopic (exact) mass is 185 g/mol. The second kappa shape index (κ2) is 4.06. The van der Waals surface area contributed by atoms with Crippen molar-refractivity contribution in [2.75, 3.05) is 18.5 Å². The zero-order valence-corrected chi connectivity index (χ0v) is 7.89. The molecule has 0 saturated heterocycles. The quantitative estimate of drug-likeness (QED) is 0.755. The Bertz CT molecular complexity index is 247. The normalized spacial score (nSPS) is 9.50. The molecule has 0 saturated carbocycles. The highest BCUT2D eigenvalue weighted by atomic mass is 32.1. The van der Waals surface area contributed by atoms with Crippen molar-refractivity contribution in [2.45, 2.75) is 6.92 Å². The smallest absolute Gasteiger partial charge is 0.323 e. The molecule has 12 heavy (non-hydrogen) atoms. The lowest BCUT2D eigenvalue weighted by molar-refractivity contribution is 0.248. The van der Waals surface area contributed by atoms with Gasteiger partial charge in [0.25, 0.3) is 0 Å². The lowest BCUT2D eigenvalue weighted by Crippen LogP contribution is -2.36. The number of nitrogens with zero attached hydrogens (tertiary/aromatic N) is 2. The molecule has 4 nitrogen and oxygen atoms in total. The Labute approximate surface area is 75.2 Å². The fourth-order valence-electron chi connectivity index (χ4n) is 0.738. The summed E-state index contributed by atoms with van der Waals surface area (Å²) >= 11 is 1.44. The maximum atomic E-state index is 11.2. The van der Waals surface area contributed by atoms with Gasteiger partial charge in [-0.25, -0.2) is 9.78 Å². The first-order valence-corrected chi connectivity index (χ1v) is 4.54. The minimum absolute atomic E-state index is 0.118. The molecule has 1 heterocycles. The number of carbonyl (C=O) groups excluding carboxylic acids is 1. The summed E-state index contributed by atoms with van der Waals surface area (Å²) < 4.78 is 0. The van der Waals surface area contributed by atoms with E-state index in [0.717, 1.165) is 0 Å². The number of hydrogen-bond donors (Lipinski definition) is 1. The highest BCUT2D eigenvalue weighted by molar-refractivity contribution is 7.13. The molecule has 0 unspecified atom stereocenters. The van der Waals surface area contributed by atoms with Crippen LogP contribution in [0.1, 0.15) is 6.92 Å². The first-order valence-electron chi connectivity index (χ1n) is 3.66. The summed E-state index contributed by atoms with van der Waals surface area (Å²) in [6, 6.07) is -0.118. The van der Waals surface area contributed by atoms with Gasteiger partial charge in [0.15, 0.2) is 5.13 Å². The van der Waals surface area contributed by atoms with Gasteiger partial charge < -0.3 is 5.32 Å². The van der Waals surface area contributed by atoms with Gasteiger partial charge in [0.05, 0.1) is 0 Å². The van der Waals surface area contributed by atoms with Crippen molar-refractivity contribution in [3.8, 4) is 0 Å². The molecule has 0 aliphatic heterocycles. The van der Waals surface area contributed by atoms with Gasteiger partial charge in [-0.2, -0.15) is 0 Å². The highest BCUT2D eigenvalue weighted by Gasteiger charge is 2.10. The molecule has 0 radical (unpaired) electrons. The molecule has 2 amide bonds. The highest BCUT2D eigenvalue weighted by Crippen LogP contribution is 2.14. The third-order valence-electron chi connectivity index (χ3n) is 1.34. The standard InChI is InChI=1S/C7H11N3OS/c1-3-8-6(11)10(2)7-9-4-5-12-7/h4-5H,3H2,1-2H3,(H,8,11). The molecule has 1 N–H and O–H groups in total. The van der Waals surface area contributed by atoms with Crippen LogP contribution in [0.15, 0.2) is 11.6 Å². The van der Waals surface area contributed by atoms with Crippen LogP contribution in [0.5, 0.6) is 0 Å². The number of carbonyl (C=O) groups is 1. The van der Waals surface area contributed by atoms with Gasteiger partial charge in [0, 0.05) is 25.2 Å². The summed E-state index contributed by atoms with van der Waals surface area (Å²) in [5.41, 5.74) is 0. The first kappa shape index (κ1) is 8.99. The number of anilines is 1. The number of hydrogen-bond acceptors (Lipinski definition) is 3. The van der Waals surface area contributed by atoms with E-state index in [0.29, 0.717) is 11.7 Å². The van der Waals surface area contributed by atoms with Crippen LogP contribution in [-0.2, 0) is 0 Å². The van der Waals surface area contributed by atoms with E-state index < -0.39 is 0 Å². The maximum Gasteiger partial charge on any atom is 0.323 e. The predicted octanol–water partition coefficient (Wildman–Crippen LogP) is 1.31. The lowest BCUT2D eigenvalue weighted by atomic mass is 10.7. The molecule has 0 aromatic carbocycles. The molecule has 0 aliphatic carbocycles. The molecule has 0 aliphatic rings. The van der Waals surface area contributed by atoms with E-state index in [4.69, 9.17) is 0 Å². The Morgan fingerprint density at radius 1 is 1.83 bits per heavy atom. The lowest BCUT2D eigenvalue weighted by Gasteiger charge is -2.13. The van der Waals surface area contributed by atoms with Gasteiger partial charge in [-0.15, -0.1) is 11.3 Å². The van der Waals surface area contributed by atoms with Gasteiger partial charge >= 0.3 is 6.03 Å². The number of thiazole rings is 1. The van der Waals surface area contributed by atoms with Crippen LogP contribution in [-0.4, -0.2) is 24.6 Å². The van der Waals surface area contributed by atoms with Crippen LogP contribution in [0, 0.1) is 0 Å². The molecule has 1 aromatic rings. The van der Waals surface area contributed by atoms with Gasteiger partial charge in [0.1, 0.15) is 0 Å². The fourth-order valence-corrected chi connectivity index (χ4v) is 1.34. The summed E-state index contributed by atoms with van der Waals surface area (Å²) in [7, 11) is 1.70. The minimum atomic E-state index is -0.118. The van der Waals surface area contributed by atoms with E-state index >= 15 is 0 Å². The molecule has 0 spiro atoms. The number of nitrogens with one attached hydrogen (secondary N) is 1. The number of amides is 2. The maximum absolute atomic E-state index is 11.2. The largest absolute Gasteiger partial charge is 0.338 e. The molecular formula is C7H11N3OS. The topological polar surface area (TPSA) is 45.2 Å². The van der Waals surface area contributed by atoms with Gasteiger partial charge in [-0.3, -0.25) is 4.90 Å². The molecule has 0 bridgehead atoms. The van der Waals surface area contributed by atoms with Crippen molar-refractivity contribution < 1.29 is 4.79 Å². The molecule has 1 rings (SSSR count). The van der Waals surface area contributed by atoms with Crippen molar-refractivity contribution >= 4 is 22.5 Å². The van der Waals surface area contributed by atoms with Crippen molar-refractivity contribution in [3.63, 3.8) is 0 Å². The van der Waals surface area contributed by atoms with Crippen LogP contribution >= 0.6 is 11.3 Å². The zero-order valence-electron chi connectivity index (χ0n) is 7.07. The predicted molar refractivity (Wildman–Crippen MR) is 49.6 cm³/mol. The van der Waals surface area contributed by atoms with Crippen LogP contribution in [0.2, 0.25) is 0 Å². The van der Waals surface area contributed by atoms with Crippen molar-refractivity contribution in [1.29, 1.82) is 0 Å². The van der Waals surface area contributed by atoms with E-state index in [1.807, 2.05) is 12.3 Å². The average Bonchev–Trinajstić information content (AvgIpc) is 2.55. The third kappa shape index (κ3) is 1.94. The Hall–Kier alpha value is -1.10. The molecule has 66 valence electrons. The van der Waals surface area contributed by atoms with Gasteiger partial charge in [0.2, 0.25) is 0 Å². The summed E-state index contributed by atoms with van der Waals surface area (Å²) in [6.45, 7) is 2.52. The van der Waals surface area contributed by atoms with E-state index in [1.54, 1.807) is 13.2 Å². The molecule has 0 fully saturated rings. The van der Waals surface area contributed by atoms with Crippen LogP contribution in [0.3, 0.4) is 0 Å². The minimum Gasteiger partial charge on any atom is -0.338 e. The van der Waals surface area contributed by atoms with Crippen LogP contribution in [0.25, 0.3) is 0 Å². The van der Waals surface area contributed by atoms with Crippen LogP contribution in [0.4, 0.5) is 9.93 Å². The Morgan fingerprint density at radius 3 is 3.08 bits per heavy atom. The van der Waals surface area contributed by atoms with Crippen LogP contribution < -0.4 is 10.2 Å². The zero-order chi connectivity index (χ0) is 8.97. The van der Waals surface area contributed by atoms with Crippen molar-refractivity contribution in [1.82, 2.24) is 10.3 Å². The number of aromatic nitrogens is 1. The van der Waals surface area contributed by atoms with Crippen molar-refractivity contribution in [2.24, 2.45) is 0 Å². The summed E-state index contributed by atoms with van der Waals surface area (Å²) in [4.78, 5) is 16.7. The summed E-state index contributed by atoms with van der Waals surface area (Å²) in [5, 5.41) is 5.23. The number of urea groups is 1. The van der Waals surface area contributed by atoms with E-state index in [9.17, 15) is 4.79 Å². The average molecular weight is 185 g/mol.